The van der Waals surface area contributed by atoms with Crippen molar-refractivity contribution in [3.8, 4) is 0 Å². The fourth-order valence-corrected chi connectivity index (χ4v) is 3.58. The summed E-state index contributed by atoms with van der Waals surface area (Å²) in [5.74, 6) is -0.0167. The molecule has 1 aliphatic heterocycles. The normalized spacial score (nSPS) is 20.2. The summed E-state index contributed by atoms with van der Waals surface area (Å²) in [7, 11) is 1.61. The molecule has 0 spiro atoms. The Morgan fingerprint density at radius 3 is 2.73 bits per heavy atom. The van der Waals surface area contributed by atoms with Gasteiger partial charge in [-0.25, -0.2) is 0 Å². The van der Waals surface area contributed by atoms with E-state index in [0.29, 0.717) is 31.8 Å². The van der Waals surface area contributed by atoms with Crippen LogP contribution in [0.25, 0.3) is 10.8 Å². The molecule has 2 aromatic rings. The number of likely N-dealkylation sites (tertiary alicyclic amines) is 1. The molecular formula is C21H26N2O3. The molecule has 1 atom stereocenters. The summed E-state index contributed by atoms with van der Waals surface area (Å²) in [6.45, 7) is 4.05. The zero-order valence-electron chi connectivity index (χ0n) is 15.5. The number of hydrogen-bond acceptors (Lipinski definition) is 3. The van der Waals surface area contributed by atoms with Crippen LogP contribution in [0, 0.1) is 5.41 Å². The van der Waals surface area contributed by atoms with Crippen molar-refractivity contribution in [2.45, 2.75) is 19.8 Å². The Kier molecular flexibility index (Phi) is 5.57. The van der Waals surface area contributed by atoms with Crippen molar-refractivity contribution in [1.82, 2.24) is 10.2 Å². The fourth-order valence-electron chi connectivity index (χ4n) is 3.58. The van der Waals surface area contributed by atoms with Crippen molar-refractivity contribution >= 4 is 22.6 Å². The molecule has 0 radical (unpaired) electrons. The predicted octanol–water partition coefficient (Wildman–Crippen LogP) is 2.84. The first-order valence-corrected chi connectivity index (χ1v) is 9.09. The standard InChI is InChI=1S/C21H26N2O3/c1-21(20(25)22-11-13-26-2)10-5-12-23(15-21)19(24)18-9-8-16-6-3-4-7-17(16)14-18/h3-4,6-9,14H,5,10-13,15H2,1-2H3,(H,22,25). The maximum Gasteiger partial charge on any atom is 0.253 e. The van der Waals surface area contributed by atoms with Gasteiger partial charge in [-0.05, 0) is 42.7 Å². The van der Waals surface area contributed by atoms with E-state index < -0.39 is 5.41 Å². The Bertz CT molecular complexity index is 805. The van der Waals surface area contributed by atoms with E-state index in [0.717, 1.165) is 23.6 Å². The van der Waals surface area contributed by atoms with Crippen molar-refractivity contribution in [2.75, 3.05) is 33.4 Å². The third-order valence-electron chi connectivity index (χ3n) is 5.12. The van der Waals surface area contributed by atoms with E-state index in [-0.39, 0.29) is 11.8 Å². The molecular weight excluding hydrogens is 328 g/mol. The van der Waals surface area contributed by atoms with Crippen LogP contribution < -0.4 is 5.32 Å². The minimum atomic E-state index is -0.557. The van der Waals surface area contributed by atoms with Crippen LogP contribution in [0.3, 0.4) is 0 Å². The first-order valence-electron chi connectivity index (χ1n) is 9.09. The van der Waals surface area contributed by atoms with Gasteiger partial charge in [0.1, 0.15) is 0 Å². The highest BCUT2D eigenvalue weighted by atomic mass is 16.5. The number of carbonyl (C=O) groups is 2. The van der Waals surface area contributed by atoms with Gasteiger partial charge in [-0.3, -0.25) is 9.59 Å². The molecule has 0 saturated carbocycles. The molecule has 0 aromatic heterocycles. The molecule has 2 aromatic carbocycles. The Morgan fingerprint density at radius 1 is 1.19 bits per heavy atom. The Labute approximate surface area is 154 Å². The van der Waals surface area contributed by atoms with Crippen molar-refractivity contribution in [3.05, 3.63) is 48.0 Å². The quantitative estimate of drug-likeness (QED) is 0.840. The number of benzene rings is 2. The molecule has 3 rings (SSSR count). The maximum absolute atomic E-state index is 13.0. The van der Waals surface area contributed by atoms with Crippen LogP contribution in [0.1, 0.15) is 30.1 Å². The van der Waals surface area contributed by atoms with E-state index in [4.69, 9.17) is 4.74 Å². The van der Waals surface area contributed by atoms with E-state index >= 15 is 0 Å². The molecule has 2 amide bonds. The van der Waals surface area contributed by atoms with Crippen molar-refractivity contribution < 1.29 is 14.3 Å². The summed E-state index contributed by atoms with van der Waals surface area (Å²) in [5.41, 5.74) is 0.117. The zero-order chi connectivity index (χ0) is 18.6. The first kappa shape index (κ1) is 18.4. The number of piperidine rings is 1. The van der Waals surface area contributed by atoms with Gasteiger partial charge in [-0.15, -0.1) is 0 Å². The topological polar surface area (TPSA) is 58.6 Å². The molecule has 1 unspecified atom stereocenters. The average molecular weight is 354 g/mol. The number of fused-ring (bicyclic) bond motifs is 1. The third kappa shape index (κ3) is 3.88. The van der Waals surface area contributed by atoms with Gasteiger partial charge in [0, 0.05) is 32.3 Å². The largest absolute Gasteiger partial charge is 0.383 e. The molecule has 1 aliphatic rings. The van der Waals surface area contributed by atoms with Crippen LogP contribution in [0.4, 0.5) is 0 Å². The van der Waals surface area contributed by atoms with Gasteiger partial charge in [0.25, 0.3) is 5.91 Å². The van der Waals surface area contributed by atoms with Gasteiger partial charge >= 0.3 is 0 Å². The Balaban J connectivity index is 1.73. The monoisotopic (exact) mass is 354 g/mol. The number of hydrogen-bond donors (Lipinski definition) is 1. The number of ether oxygens (including phenoxy) is 1. The van der Waals surface area contributed by atoms with E-state index in [1.807, 2.05) is 54.3 Å². The van der Waals surface area contributed by atoms with Crippen LogP contribution in [-0.2, 0) is 9.53 Å². The van der Waals surface area contributed by atoms with Crippen LogP contribution >= 0.6 is 0 Å². The summed E-state index contributed by atoms with van der Waals surface area (Å²) in [4.78, 5) is 27.4. The third-order valence-corrected chi connectivity index (χ3v) is 5.12. The second kappa shape index (κ2) is 7.87. The number of nitrogens with one attached hydrogen (secondary N) is 1. The van der Waals surface area contributed by atoms with E-state index in [9.17, 15) is 9.59 Å². The highest BCUT2D eigenvalue weighted by Gasteiger charge is 2.39. The zero-order valence-corrected chi connectivity index (χ0v) is 15.5. The lowest BCUT2D eigenvalue weighted by atomic mass is 9.80. The number of nitrogens with zero attached hydrogens (tertiary/aromatic N) is 1. The van der Waals surface area contributed by atoms with Crippen LogP contribution in [0.15, 0.2) is 42.5 Å². The second-order valence-electron chi connectivity index (χ2n) is 7.20. The van der Waals surface area contributed by atoms with Gasteiger partial charge in [0.2, 0.25) is 5.91 Å². The van der Waals surface area contributed by atoms with Crippen LogP contribution in [0.5, 0.6) is 0 Å². The fraction of sp³-hybridized carbons (Fsp3) is 0.429. The first-order chi connectivity index (χ1) is 12.5. The lowest BCUT2D eigenvalue weighted by molar-refractivity contribution is -0.132. The predicted molar refractivity (Wildman–Crippen MR) is 102 cm³/mol. The number of carbonyl (C=O) groups excluding carboxylic acids is 2. The molecule has 138 valence electrons. The minimum Gasteiger partial charge on any atom is -0.383 e. The van der Waals surface area contributed by atoms with Gasteiger partial charge in [0.05, 0.1) is 12.0 Å². The van der Waals surface area contributed by atoms with Gasteiger partial charge in [0.15, 0.2) is 0 Å². The molecule has 0 bridgehead atoms. The molecule has 1 N–H and O–H groups in total. The maximum atomic E-state index is 13.0. The molecule has 5 heteroatoms. The summed E-state index contributed by atoms with van der Waals surface area (Å²) in [6, 6.07) is 13.8. The van der Waals surface area contributed by atoms with Crippen molar-refractivity contribution in [1.29, 1.82) is 0 Å². The Hall–Kier alpha value is -2.40. The highest BCUT2D eigenvalue weighted by Crippen LogP contribution is 2.31. The molecule has 5 nitrogen and oxygen atoms in total. The van der Waals surface area contributed by atoms with E-state index in [1.165, 1.54) is 0 Å². The van der Waals surface area contributed by atoms with E-state index in [1.54, 1.807) is 7.11 Å². The summed E-state index contributed by atoms with van der Waals surface area (Å²) in [6.07, 6.45) is 1.61. The average Bonchev–Trinajstić information content (AvgIpc) is 2.67. The highest BCUT2D eigenvalue weighted by molar-refractivity contribution is 5.99. The van der Waals surface area contributed by atoms with Gasteiger partial charge < -0.3 is 15.0 Å². The summed E-state index contributed by atoms with van der Waals surface area (Å²) >= 11 is 0. The molecule has 26 heavy (non-hydrogen) atoms. The SMILES string of the molecule is COCCNC(=O)C1(C)CCCN(C(=O)c2ccc3ccccc3c2)C1. The van der Waals surface area contributed by atoms with E-state index in [2.05, 4.69) is 5.32 Å². The molecule has 0 aliphatic carbocycles. The van der Waals surface area contributed by atoms with Crippen molar-refractivity contribution in [3.63, 3.8) is 0 Å². The molecule has 1 fully saturated rings. The van der Waals surface area contributed by atoms with Gasteiger partial charge in [-0.1, -0.05) is 30.3 Å². The number of amides is 2. The second-order valence-corrected chi connectivity index (χ2v) is 7.20. The summed E-state index contributed by atoms with van der Waals surface area (Å²) in [5, 5.41) is 5.08. The van der Waals surface area contributed by atoms with Crippen LogP contribution in [-0.4, -0.2) is 50.1 Å². The Morgan fingerprint density at radius 2 is 1.96 bits per heavy atom. The lowest BCUT2D eigenvalue weighted by Gasteiger charge is -2.39. The smallest absolute Gasteiger partial charge is 0.253 e. The van der Waals surface area contributed by atoms with Gasteiger partial charge in [-0.2, -0.15) is 0 Å². The number of methoxy groups -OCH3 is 1. The lowest BCUT2D eigenvalue weighted by Crippen LogP contribution is -2.52. The minimum absolute atomic E-state index is 0.00799. The van der Waals surface area contributed by atoms with Crippen molar-refractivity contribution in [2.24, 2.45) is 5.41 Å². The summed E-state index contributed by atoms with van der Waals surface area (Å²) < 4.78 is 4.99. The van der Waals surface area contributed by atoms with Crippen LogP contribution in [0.2, 0.25) is 0 Å². The number of rotatable bonds is 5. The molecule has 1 heterocycles. The molecule has 1 saturated heterocycles.